The van der Waals surface area contributed by atoms with Gasteiger partial charge in [0.1, 0.15) is 5.75 Å². The number of rotatable bonds is 7. The van der Waals surface area contributed by atoms with Crippen molar-refractivity contribution in [3.05, 3.63) is 125 Å². The van der Waals surface area contributed by atoms with Crippen LogP contribution in [0, 0.1) is 0 Å². The number of anilines is 2. The molecule has 2 aromatic heterocycles. The lowest BCUT2D eigenvalue weighted by atomic mass is 9.92. The normalized spacial score (nSPS) is 17.4. The molecule has 6 heterocycles. The Balaban J connectivity index is 1.11. The summed E-state index contributed by atoms with van der Waals surface area (Å²) in [4.78, 5) is 50.3. The predicted octanol–water partition coefficient (Wildman–Crippen LogP) is 6.45. The second-order valence-electron chi connectivity index (χ2n) is 15.8. The summed E-state index contributed by atoms with van der Waals surface area (Å²) in [6.45, 7) is 4.37. The van der Waals surface area contributed by atoms with E-state index in [0.717, 1.165) is 29.6 Å². The number of aromatic nitrogens is 2. The van der Waals surface area contributed by atoms with Crippen LogP contribution < -0.4 is 14.4 Å². The molecule has 14 nitrogen and oxygen atoms in total. The third-order valence-corrected chi connectivity index (χ3v) is 12.3. The van der Waals surface area contributed by atoms with Gasteiger partial charge in [-0.3, -0.25) is 19.4 Å². The monoisotopic (exact) mass is 808 g/mol. The molecule has 0 unspecified atom stereocenters. The van der Waals surface area contributed by atoms with E-state index in [9.17, 15) is 15.0 Å². The molecule has 0 aliphatic carbocycles. The molecule has 14 heteroatoms. The van der Waals surface area contributed by atoms with Gasteiger partial charge in [0, 0.05) is 86.4 Å². The minimum Gasteiger partial charge on any atom is -0.508 e. The van der Waals surface area contributed by atoms with E-state index in [1.54, 1.807) is 29.2 Å². The molecule has 1 saturated heterocycles. The average Bonchev–Trinajstić information content (AvgIpc) is 4.00. The van der Waals surface area contributed by atoms with Gasteiger partial charge in [-0.1, -0.05) is 24.3 Å². The lowest BCUT2D eigenvalue weighted by Crippen LogP contribution is -2.52. The van der Waals surface area contributed by atoms with E-state index in [0.29, 0.717) is 78.1 Å². The zero-order chi connectivity index (χ0) is 41.1. The summed E-state index contributed by atoms with van der Waals surface area (Å²) in [7, 11) is 1.96. The first-order valence-electron chi connectivity index (χ1n) is 20.2. The summed E-state index contributed by atoms with van der Waals surface area (Å²) >= 11 is 0. The second kappa shape index (κ2) is 15.1. The number of aromatic hydroxyl groups is 1. The van der Waals surface area contributed by atoms with Crippen LogP contribution in [0.2, 0.25) is 0 Å². The van der Waals surface area contributed by atoms with Crippen molar-refractivity contribution in [2.45, 2.75) is 32.1 Å². The lowest BCUT2D eigenvalue weighted by Gasteiger charge is -2.40. The number of fused-ring (bicyclic) bond motifs is 4. The Hall–Kier alpha value is -6.77. The second-order valence-corrected chi connectivity index (χ2v) is 15.8. The maximum atomic E-state index is 15.3. The summed E-state index contributed by atoms with van der Waals surface area (Å²) < 4.78 is 21.4. The average molecular weight is 809 g/mol. The van der Waals surface area contributed by atoms with Crippen LogP contribution in [0.5, 0.6) is 17.2 Å². The molecule has 2 N–H and O–H groups in total. The number of aryl methyl sites for hydroxylation is 1. The van der Waals surface area contributed by atoms with Gasteiger partial charge in [0.15, 0.2) is 11.5 Å². The number of phenols is 1. The molecule has 0 spiro atoms. The van der Waals surface area contributed by atoms with Crippen molar-refractivity contribution in [3.63, 3.8) is 0 Å². The fraction of sp³-hybridized carbons (Fsp3) is 0.283. The first-order chi connectivity index (χ1) is 29.2. The molecule has 4 aromatic carbocycles. The molecule has 6 aromatic rings. The van der Waals surface area contributed by atoms with Gasteiger partial charge in [-0.05, 0) is 84.3 Å². The van der Waals surface area contributed by atoms with Gasteiger partial charge < -0.3 is 43.4 Å². The third-order valence-electron chi connectivity index (χ3n) is 12.3. The molecule has 0 bridgehead atoms. The molecular weight excluding hydrogens is 765 g/mol. The van der Waals surface area contributed by atoms with Crippen LogP contribution in [0.15, 0.2) is 97.2 Å². The number of hydrogen-bond acceptors (Lipinski definition) is 8. The minimum atomic E-state index is -1.09. The van der Waals surface area contributed by atoms with Crippen LogP contribution in [0.3, 0.4) is 0 Å². The van der Waals surface area contributed by atoms with Gasteiger partial charge >= 0.3 is 6.09 Å². The smallest absolute Gasteiger partial charge is 0.407 e. The highest BCUT2D eigenvalue weighted by Gasteiger charge is 2.37. The first kappa shape index (κ1) is 37.5. The highest BCUT2D eigenvalue weighted by atomic mass is 16.7. The molecule has 60 heavy (non-hydrogen) atoms. The van der Waals surface area contributed by atoms with Crippen molar-refractivity contribution in [2.24, 2.45) is 7.05 Å². The van der Waals surface area contributed by atoms with Crippen molar-refractivity contribution < 1.29 is 38.8 Å². The number of amides is 3. The van der Waals surface area contributed by atoms with Crippen molar-refractivity contribution in [1.82, 2.24) is 23.8 Å². The van der Waals surface area contributed by atoms with Gasteiger partial charge in [-0.2, -0.15) is 0 Å². The van der Waals surface area contributed by atoms with Gasteiger partial charge in [0.25, 0.3) is 11.8 Å². The van der Waals surface area contributed by atoms with Crippen LogP contribution in [0.25, 0.3) is 22.2 Å². The number of carboxylic acid groups (broad SMARTS) is 1. The molecule has 10 rings (SSSR count). The van der Waals surface area contributed by atoms with E-state index >= 15 is 9.59 Å². The molecule has 4 aliphatic rings. The zero-order valence-corrected chi connectivity index (χ0v) is 33.1. The molecule has 0 saturated carbocycles. The Bertz CT molecular complexity index is 2660. The fourth-order valence-electron chi connectivity index (χ4n) is 9.14. The molecule has 0 radical (unpaired) electrons. The van der Waals surface area contributed by atoms with E-state index < -0.39 is 12.0 Å². The standard InChI is InChI=1S/C46H44N6O8/c1-47-13-12-30-21-33(8-11-39(30)47)52(32-6-9-35(53)10-7-32)45(55)38-22-40(50-15-14-49(46(56)57)27-41(38)50)36-23-42-43(60-28-59-42)24-37(36)44(54)51-25-31-5-3-2-4-29(31)20-34(51)26-48-16-18-58-19-17-48/h2-13,21-24,34,53H,14-20,25-28H2,1H3,(H,56,57)/t34-/m0/s1. The number of carbonyl (C=O) groups is 3. The number of phenolic OH excluding ortho intramolecular Hbond substituents is 1. The molecule has 4 aliphatic heterocycles. The van der Waals surface area contributed by atoms with Crippen LogP contribution in [0.4, 0.5) is 16.2 Å². The number of carbonyl (C=O) groups excluding carboxylic acids is 2. The van der Waals surface area contributed by atoms with Gasteiger partial charge in [0.05, 0.1) is 42.3 Å². The topological polar surface area (TPSA) is 142 Å². The maximum Gasteiger partial charge on any atom is 0.407 e. The number of hydrogen-bond donors (Lipinski definition) is 2. The molecule has 1 fully saturated rings. The van der Waals surface area contributed by atoms with E-state index in [4.69, 9.17) is 14.2 Å². The van der Waals surface area contributed by atoms with E-state index in [1.807, 2.05) is 69.7 Å². The van der Waals surface area contributed by atoms with Crippen LogP contribution in [-0.4, -0.2) is 104 Å². The summed E-state index contributed by atoms with van der Waals surface area (Å²) in [5.74, 6) is 0.408. The number of morpholine rings is 1. The van der Waals surface area contributed by atoms with Gasteiger partial charge in [0.2, 0.25) is 6.79 Å². The Kier molecular flexibility index (Phi) is 9.45. The van der Waals surface area contributed by atoms with Crippen LogP contribution in [0.1, 0.15) is 37.5 Å². The molecular formula is C46H44N6O8. The Morgan fingerprint density at radius 2 is 1.55 bits per heavy atom. The first-order valence-corrected chi connectivity index (χ1v) is 20.2. The molecule has 1 atom stereocenters. The summed E-state index contributed by atoms with van der Waals surface area (Å²) in [6.07, 6.45) is 1.56. The maximum absolute atomic E-state index is 15.3. The Morgan fingerprint density at radius 3 is 2.33 bits per heavy atom. The van der Waals surface area contributed by atoms with Crippen LogP contribution >= 0.6 is 0 Å². The van der Waals surface area contributed by atoms with Crippen molar-refractivity contribution in [1.29, 1.82) is 0 Å². The zero-order valence-electron chi connectivity index (χ0n) is 33.1. The summed E-state index contributed by atoms with van der Waals surface area (Å²) in [5.41, 5.74) is 6.73. The molecule has 3 amide bonds. The number of ether oxygens (including phenoxy) is 3. The number of benzene rings is 4. The van der Waals surface area contributed by atoms with Gasteiger partial charge in [-0.25, -0.2) is 4.79 Å². The fourth-order valence-corrected chi connectivity index (χ4v) is 9.14. The Morgan fingerprint density at radius 1 is 0.800 bits per heavy atom. The predicted molar refractivity (Wildman–Crippen MR) is 223 cm³/mol. The van der Waals surface area contributed by atoms with Crippen molar-refractivity contribution in [2.75, 3.05) is 51.1 Å². The highest BCUT2D eigenvalue weighted by Crippen LogP contribution is 2.43. The van der Waals surface area contributed by atoms with E-state index in [1.165, 1.54) is 22.6 Å². The van der Waals surface area contributed by atoms with Crippen LogP contribution in [-0.2, 0) is 37.8 Å². The van der Waals surface area contributed by atoms with E-state index in [-0.39, 0.29) is 49.7 Å². The van der Waals surface area contributed by atoms with Gasteiger partial charge in [-0.15, -0.1) is 0 Å². The van der Waals surface area contributed by atoms with Crippen molar-refractivity contribution in [3.8, 4) is 28.5 Å². The van der Waals surface area contributed by atoms with Crippen molar-refractivity contribution >= 4 is 40.2 Å². The summed E-state index contributed by atoms with van der Waals surface area (Å²) in [5, 5.41) is 21.4. The number of nitrogens with zero attached hydrogens (tertiary/aromatic N) is 6. The largest absolute Gasteiger partial charge is 0.508 e. The quantitative estimate of drug-likeness (QED) is 0.186. The lowest BCUT2D eigenvalue weighted by molar-refractivity contribution is 0.0193. The molecule has 306 valence electrons. The third kappa shape index (κ3) is 6.67. The Labute approximate surface area is 345 Å². The summed E-state index contributed by atoms with van der Waals surface area (Å²) in [6, 6.07) is 27.6. The highest BCUT2D eigenvalue weighted by molar-refractivity contribution is 6.13. The minimum absolute atomic E-state index is 0.0000794. The SMILES string of the molecule is Cn1ccc2cc(N(C(=O)c3cc(-c4cc5c(cc4C(=O)N4Cc6ccccc6C[C@H]4CN4CCOCC4)OCO5)n4c3CN(C(=O)O)CC4)c3ccc(O)cc3)ccc21. The van der Waals surface area contributed by atoms with E-state index in [2.05, 4.69) is 17.0 Å².